The maximum absolute atomic E-state index is 14.1. The number of ether oxygens (including phenoxy) is 1. The zero-order valence-electron chi connectivity index (χ0n) is 12.2. The highest BCUT2D eigenvalue weighted by Gasteiger charge is 2.45. The molecule has 0 saturated heterocycles. The van der Waals surface area contributed by atoms with Crippen LogP contribution in [-0.2, 0) is 10.3 Å². The van der Waals surface area contributed by atoms with E-state index in [1.807, 2.05) is 6.92 Å². The van der Waals surface area contributed by atoms with Crippen molar-refractivity contribution in [2.24, 2.45) is 11.7 Å². The Labute approximate surface area is 124 Å². The second kappa shape index (κ2) is 6.43. The van der Waals surface area contributed by atoms with Crippen molar-refractivity contribution in [1.82, 2.24) is 0 Å². The number of nitrogens with two attached hydrogens (primary N) is 1. The standard InChI is InChI=1S/C16H22FNO3/c1-2-16(20,11-7-3-5-9-13(11)17)12-8-4-6-10-14(12)21-15(18)19/h3,5,7,9,12,14,20H,2,4,6,8,10H2,1H3,(H2,18,19)/t12-,14?,16+/m0/s1. The summed E-state index contributed by atoms with van der Waals surface area (Å²) in [6.07, 6.45) is 2.17. The number of carbonyl (C=O) groups excluding carboxylic acids is 1. The van der Waals surface area contributed by atoms with Gasteiger partial charge in [0.05, 0.1) is 5.60 Å². The van der Waals surface area contributed by atoms with Gasteiger partial charge in [-0.3, -0.25) is 0 Å². The number of rotatable bonds is 4. The van der Waals surface area contributed by atoms with Gasteiger partial charge in [-0.15, -0.1) is 0 Å². The van der Waals surface area contributed by atoms with Crippen LogP contribution in [0.15, 0.2) is 24.3 Å². The Morgan fingerprint density at radius 3 is 2.71 bits per heavy atom. The first-order valence-corrected chi connectivity index (χ1v) is 7.42. The fraction of sp³-hybridized carbons (Fsp3) is 0.562. The van der Waals surface area contributed by atoms with E-state index in [1.54, 1.807) is 18.2 Å². The number of aliphatic hydroxyl groups is 1. The molecular weight excluding hydrogens is 273 g/mol. The molecule has 2 rings (SSSR count). The third-order valence-electron chi connectivity index (χ3n) is 4.46. The lowest BCUT2D eigenvalue weighted by Crippen LogP contribution is -2.46. The summed E-state index contributed by atoms with van der Waals surface area (Å²) < 4.78 is 19.3. The van der Waals surface area contributed by atoms with Gasteiger partial charge in [-0.1, -0.05) is 31.5 Å². The van der Waals surface area contributed by atoms with E-state index in [0.29, 0.717) is 19.3 Å². The number of hydrogen-bond donors (Lipinski definition) is 2. The van der Waals surface area contributed by atoms with Crippen LogP contribution in [0.25, 0.3) is 0 Å². The Kier molecular flexibility index (Phi) is 4.83. The van der Waals surface area contributed by atoms with Gasteiger partial charge in [0, 0.05) is 11.5 Å². The second-order valence-corrected chi connectivity index (χ2v) is 5.62. The van der Waals surface area contributed by atoms with Gasteiger partial charge < -0.3 is 15.6 Å². The smallest absolute Gasteiger partial charge is 0.404 e. The summed E-state index contributed by atoms with van der Waals surface area (Å²) in [4.78, 5) is 11.1. The van der Waals surface area contributed by atoms with Gasteiger partial charge in [0.1, 0.15) is 11.9 Å². The summed E-state index contributed by atoms with van der Waals surface area (Å²) in [5.74, 6) is -0.786. The van der Waals surface area contributed by atoms with Crippen molar-refractivity contribution < 1.29 is 19.0 Å². The first kappa shape index (κ1) is 15.8. The molecule has 1 unspecified atom stereocenters. The molecule has 1 saturated carbocycles. The predicted molar refractivity (Wildman–Crippen MR) is 77.0 cm³/mol. The topological polar surface area (TPSA) is 72.6 Å². The van der Waals surface area contributed by atoms with Gasteiger partial charge in [0.2, 0.25) is 0 Å². The van der Waals surface area contributed by atoms with Crippen LogP contribution in [0.5, 0.6) is 0 Å². The van der Waals surface area contributed by atoms with Crippen LogP contribution in [0.4, 0.5) is 9.18 Å². The van der Waals surface area contributed by atoms with E-state index >= 15 is 0 Å². The molecule has 1 aromatic rings. The molecular formula is C16H22FNO3. The summed E-state index contributed by atoms with van der Waals surface area (Å²) in [5.41, 5.74) is 4.03. The Morgan fingerprint density at radius 1 is 1.43 bits per heavy atom. The van der Waals surface area contributed by atoms with Crippen LogP contribution in [0.2, 0.25) is 0 Å². The van der Waals surface area contributed by atoms with Crippen LogP contribution in [0.3, 0.4) is 0 Å². The average molecular weight is 295 g/mol. The normalized spacial score (nSPS) is 25.1. The van der Waals surface area contributed by atoms with Gasteiger partial charge in [0.25, 0.3) is 0 Å². The monoisotopic (exact) mass is 295 g/mol. The SMILES string of the molecule is CC[C@@](O)(c1ccccc1F)[C@H]1CCCCC1OC(N)=O. The fourth-order valence-electron chi connectivity index (χ4n) is 3.40. The van der Waals surface area contributed by atoms with Crippen LogP contribution in [0.1, 0.15) is 44.6 Å². The van der Waals surface area contributed by atoms with Crippen molar-refractivity contribution in [3.63, 3.8) is 0 Å². The predicted octanol–water partition coefficient (Wildman–Crippen LogP) is 3.08. The molecule has 1 aliphatic carbocycles. The molecule has 5 heteroatoms. The average Bonchev–Trinajstić information content (AvgIpc) is 2.47. The van der Waals surface area contributed by atoms with Gasteiger partial charge >= 0.3 is 6.09 Å². The van der Waals surface area contributed by atoms with E-state index in [2.05, 4.69) is 0 Å². The number of hydrogen-bond acceptors (Lipinski definition) is 3. The number of benzene rings is 1. The Bertz CT molecular complexity index is 508. The van der Waals surface area contributed by atoms with Crippen molar-refractivity contribution in [2.45, 2.75) is 50.7 Å². The highest BCUT2D eigenvalue weighted by molar-refractivity contribution is 5.64. The third kappa shape index (κ3) is 3.18. The quantitative estimate of drug-likeness (QED) is 0.896. The van der Waals surface area contributed by atoms with Crippen LogP contribution in [-0.4, -0.2) is 17.3 Å². The van der Waals surface area contributed by atoms with Crippen molar-refractivity contribution in [2.75, 3.05) is 0 Å². The lowest BCUT2D eigenvalue weighted by atomic mass is 9.70. The molecule has 0 aliphatic heterocycles. The molecule has 116 valence electrons. The molecule has 0 radical (unpaired) electrons. The van der Waals surface area contributed by atoms with E-state index in [4.69, 9.17) is 10.5 Å². The van der Waals surface area contributed by atoms with Crippen LogP contribution in [0, 0.1) is 11.7 Å². The van der Waals surface area contributed by atoms with Gasteiger partial charge in [-0.25, -0.2) is 9.18 Å². The molecule has 3 atom stereocenters. The van der Waals surface area contributed by atoms with Gasteiger partial charge in [0.15, 0.2) is 0 Å². The van der Waals surface area contributed by atoms with Gasteiger partial charge in [-0.05, 0) is 31.7 Å². The first-order chi connectivity index (χ1) is 9.99. The molecule has 0 spiro atoms. The molecule has 1 aromatic carbocycles. The lowest BCUT2D eigenvalue weighted by Gasteiger charge is -2.42. The maximum atomic E-state index is 14.1. The number of primary amides is 1. The second-order valence-electron chi connectivity index (χ2n) is 5.62. The fourth-order valence-corrected chi connectivity index (χ4v) is 3.40. The van der Waals surface area contributed by atoms with E-state index < -0.39 is 23.6 Å². The number of amides is 1. The van der Waals surface area contributed by atoms with Crippen LogP contribution >= 0.6 is 0 Å². The highest BCUT2D eigenvalue weighted by Crippen LogP contribution is 2.43. The van der Waals surface area contributed by atoms with Crippen LogP contribution < -0.4 is 5.73 Å². The minimum Gasteiger partial charge on any atom is -0.446 e. The van der Waals surface area contributed by atoms with E-state index in [1.165, 1.54) is 6.07 Å². The van der Waals surface area contributed by atoms with E-state index in [0.717, 1.165) is 12.8 Å². The summed E-state index contributed by atoms with van der Waals surface area (Å²) in [7, 11) is 0. The molecule has 21 heavy (non-hydrogen) atoms. The zero-order valence-corrected chi connectivity index (χ0v) is 12.2. The molecule has 4 nitrogen and oxygen atoms in total. The van der Waals surface area contributed by atoms with Crippen molar-refractivity contribution in [3.05, 3.63) is 35.6 Å². The van der Waals surface area contributed by atoms with E-state index in [9.17, 15) is 14.3 Å². The van der Waals surface area contributed by atoms with E-state index in [-0.39, 0.29) is 11.5 Å². The summed E-state index contributed by atoms with van der Waals surface area (Å²) in [5, 5.41) is 11.1. The highest BCUT2D eigenvalue weighted by atomic mass is 19.1. The third-order valence-corrected chi connectivity index (χ3v) is 4.46. The molecule has 1 aliphatic rings. The molecule has 1 amide bonds. The lowest BCUT2D eigenvalue weighted by molar-refractivity contribution is -0.0986. The van der Waals surface area contributed by atoms with Crippen molar-refractivity contribution in [1.29, 1.82) is 0 Å². The zero-order chi connectivity index (χ0) is 15.5. The van der Waals surface area contributed by atoms with Gasteiger partial charge in [-0.2, -0.15) is 0 Å². The summed E-state index contributed by atoms with van der Waals surface area (Å²) in [6.45, 7) is 1.81. The maximum Gasteiger partial charge on any atom is 0.404 e. The molecule has 3 N–H and O–H groups in total. The summed E-state index contributed by atoms with van der Waals surface area (Å²) >= 11 is 0. The number of halogens is 1. The van der Waals surface area contributed by atoms with Crippen molar-refractivity contribution in [3.8, 4) is 0 Å². The Balaban J connectivity index is 2.37. The largest absolute Gasteiger partial charge is 0.446 e. The molecule has 0 aromatic heterocycles. The minimum atomic E-state index is -1.36. The molecule has 0 heterocycles. The summed E-state index contributed by atoms with van der Waals surface area (Å²) in [6, 6.07) is 6.22. The minimum absolute atomic E-state index is 0.262. The Hall–Kier alpha value is -1.62. The Morgan fingerprint density at radius 2 is 2.10 bits per heavy atom. The molecule has 0 bridgehead atoms. The van der Waals surface area contributed by atoms with Crippen molar-refractivity contribution >= 4 is 6.09 Å². The molecule has 1 fully saturated rings. The first-order valence-electron chi connectivity index (χ1n) is 7.42. The number of carbonyl (C=O) groups is 1.